The van der Waals surface area contributed by atoms with Crippen LogP contribution in [0.15, 0.2) is 22.6 Å². The van der Waals surface area contributed by atoms with Crippen molar-refractivity contribution in [3.63, 3.8) is 0 Å². The minimum Gasteiger partial charge on any atom is -0.475 e. The van der Waals surface area contributed by atoms with E-state index in [-0.39, 0.29) is 17.5 Å². The third-order valence-electron chi connectivity index (χ3n) is 5.13. The molecule has 0 bridgehead atoms. The van der Waals surface area contributed by atoms with Crippen LogP contribution in [0.5, 0.6) is 0 Å². The molecule has 2 aromatic rings. The van der Waals surface area contributed by atoms with Crippen molar-refractivity contribution in [3.05, 3.63) is 35.1 Å². The number of piperidine rings is 1. The van der Waals surface area contributed by atoms with Crippen LogP contribution in [0, 0.1) is 12.8 Å². The van der Waals surface area contributed by atoms with E-state index < -0.39 is 5.97 Å². The molecule has 2 heterocycles. The van der Waals surface area contributed by atoms with Gasteiger partial charge in [0.1, 0.15) is 5.58 Å². The van der Waals surface area contributed by atoms with Gasteiger partial charge in [-0.05, 0) is 63.0 Å². The molecule has 1 N–H and O–H groups in total. The number of fused-ring (bicyclic) bond motifs is 1. The number of benzene rings is 1. The number of nitrogens with zero attached hydrogens (tertiary/aromatic N) is 1. The van der Waals surface area contributed by atoms with Gasteiger partial charge in [0.05, 0.1) is 0 Å². The zero-order valence-electron chi connectivity index (χ0n) is 14.9. The van der Waals surface area contributed by atoms with Crippen molar-refractivity contribution in [2.24, 2.45) is 5.92 Å². The summed E-state index contributed by atoms with van der Waals surface area (Å²) in [6.45, 7) is 6.89. The van der Waals surface area contributed by atoms with Gasteiger partial charge in [-0.25, -0.2) is 4.79 Å². The number of carboxylic acid groups (broad SMARTS) is 1. The van der Waals surface area contributed by atoms with Crippen molar-refractivity contribution in [1.29, 1.82) is 0 Å². The number of hydrogen-bond donors (Lipinski definition) is 1. The first kappa shape index (κ1) is 17.7. The summed E-state index contributed by atoms with van der Waals surface area (Å²) in [4.78, 5) is 26.6. The van der Waals surface area contributed by atoms with Crippen molar-refractivity contribution < 1.29 is 19.1 Å². The lowest BCUT2D eigenvalue weighted by atomic mass is 9.91. The van der Waals surface area contributed by atoms with Gasteiger partial charge in [-0.1, -0.05) is 13.3 Å². The fraction of sp³-hybridized carbons (Fsp3) is 0.500. The first-order valence-corrected chi connectivity index (χ1v) is 9.03. The van der Waals surface area contributed by atoms with E-state index in [9.17, 15) is 9.59 Å². The van der Waals surface area contributed by atoms with Gasteiger partial charge in [0.15, 0.2) is 5.78 Å². The fourth-order valence-electron chi connectivity index (χ4n) is 3.63. The smallest absolute Gasteiger partial charge is 0.371 e. The molecule has 1 aromatic carbocycles. The maximum atomic E-state index is 13.1. The molecule has 1 aliphatic heterocycles. The number of aromatic carboxylic acids is 1. The van der Waals surface area contributed by atoms with Gasteiger partial charge in [-0.3, -0.25) is 4.79 Å². The molecule has 1 atom stereocenters. The largest absolute Gasteiger partial charge is 0.475 e. The summed E-state index contributed by atoms with van der Waals surface area (Å²) in [7, 11) is 0. The lowest BCUT2D eigenvalue weighted by molar-refractivity contribution is 0.0664. The highest BCUT2D eigenvalue weighted by Gasteiger charge is 2.24. The minimum atomic E-state index is -1.10. The number of rotatable bonds is 6. The van der Waals surface area contributed by atoms with E-state index in [4.69, 9.17) is 9.52 Å². The van der Waals surface area contributed by atoms with Crippen LogP contribution < -0.4 is 0 Å². The molecule has 134 valence electrons. The number of carbonyl (C=O) groups excluding carboxylic acids is 1. The molecule has 1 aromatic heterocycles. The van der Waals surface area contributed by atoms with E-state index in [0.29, 0.717) is 16.5 Å². The number of carbonyl (C=O) groups is 2. The van der Waals surface area contributed by atoms with Crippen molar-refractivity contribution in [1.82, 2.24) is 4.90 Å². The Morgan fingerprint density at radius 2 is 1.92 bits per heavy atom. The molecule has 0 aliphatic carbocycles. The van der Waals surface area contributed by atoms with Crippen LogP contribution in [0.2, 0.25) is 0 Å². The molecule has 0 radical (unpaired) electrons. The highest BCUT2D eigenvalue weighted by atomic mass is 16.4. The van der Waals surface area contributed by atoms with Crippen LogP contribution in [-0.2, 0) is 0 Å². The van der Waals surface area contributed by atoms with E-state index >= 15 is 0 Å². The second-order valence-corrected chi connectivity index (χ2v) is 6.95. The molecule has 5 heteroatoms. The van der Waals surface area contributed by atoms with Gasteiger partial charge >= 0.3 is 5.97 Å². The number of likely N-dealkylation sites (tertiary alicyclic amines) is 1. The Labute approximate surface area is 147 Å². The molecule has 1 fully saturated rings. The molecular formula is C20H25NO4. The average molecular weight is 343 g/mol. The van der Waals surface area contributed by atoms with Gasteiger partial charge in [-0.2, -0.15) is 0 Å². The number of ketones is 1. The van der Waals surface area contributed by atoms with Gasteiger partial charge in [0.2, 0.25) is 5.76 Å². The summed E-state index contributed by atoms with van der Waals surface area (Å²) in [5.41, 5.74) is 2.02. The number of hydrogen-bond acceptors (Lipinski definition) is 4. The summed E-state index contributed by atoms with van der Waals surface area (Å²) in [5, 5.41) is 9.74. The van der Waals surface area contributed by atoms with Gasteiger partial charge < -0.3 is 14.4 Å². The maximum absolute atomic E-state index is 13.1. The zero-order valence-corrected chi connectivity index (χ0v) is 14.9. The molecule has 25 heavy (non-hydrogen) atoms. The molecule has 1 unspecified atom stereocenters. The summed E-state index contributed by atoms with van der Waals surface area (Å²) < 4.78 is 5.33. The summed E-state index contributed by atoms with van der Waals surface area (Å²) in [5.74, 6) is -1.08. The molecule has 3 rings (SSSR count). The summed E-state index contributed by atoms with van der Waals surface area (Å²) in [6.07, 6.45) is 4.51. The highest BCUT2D eigenvalue weighted by molar-refractivity contribution is 6.03. The molecule has 0 amide bonds. The van der Waals surface area contributed by atoms with Gasteiger partial charge in [-0.15, -0.1) is 0 Å². The number of Topliss-reactive ketones (excluding diaryl/α,β-unsaturated/α-hetero) is 1. The molecular weight excluding hydrogens is 318 g/mol. The van der Waals surface area contributed by atoms with Gasteiger partial charge in [0, 0.05) is 23.4 Å². The third-order valence-corrected chi connectivity index (χ3v) is 5.13. The Bertz CT molecular complexity index is 786. The summed E-state index contributed by atoms with van der Waals surface area (Å²) in [6, 6.07) is 5.03. The molecule has 0 saturated carbocycles. The quantitative estimate of drug-likeness (QED) is 0.798. The van der Waals surface area contributed by atoms with E-state index in [0.717, 1.165) is 31.6 Å². The average Bonchev–Trinajstić information content (AvgIpc) is 3.02. The Balaban J connectivity index is 1.86. The Morgan fingerprint density at radius 3 is 2.56 bits per heavy atom. The molecule has 5 nitrogen and oxygen atoms in total. The number of carboxylic acids is 1. The summed E-state index contributed by atoms with van der Waals surface area (Å²) >= 11 is 0. The fourth-order valence-corrected chi connectivity index (χ4v) is 3.63. The highest BCUT2D eigenvalue weighted by Crippen LogP contribution is 2.26. The maximum Gasteiger partial charge on any atom is 0.371 e. The van der Waals surface area contributed by atoms with E-state index in [1.807, 2.05) is 6.92 Å². The van der Waals surface area contributed by atoms with Crippen LogP contribution in [0.4, 0.5) is 0 Å². The van der Waals surface area contributed by atoms with Crippen LogP contribution >= 0.6 is 0 Å². The Morgan fingerprint density at radius 1 is 1.20 bits per heavy atom. The molecule has 1 saturated heterocycles. The van der Waals surface area contributed by atoms with Crippen LogP contribution in [0.3, 0.4) is 0 Å². The van der Waals surface area contributed by atoms with E-state index in [1.165, 1.54) is 25.3 Å². The van der Waals surface area contributed by atoms with E-state index in [2.05, 4.69) is 11.8 Å². The Kier molecular flexibility index (Phi) is 5.23. The lowest BCUT2D eigenvalue weighted by Crippen LogP contribution is -2.36. The van der Waals surface area contributed by atoms with Crippen molar-refractivity contribution in [2.75, 3.05) is 19.6 Å². The monoisotopic (exact) mass is 343 g/mol. The molecule has 0 spiro atoms. The van der Waals surface area contributed by atoms with Crippen molar-refractivity contribution in [2.45, 2.75) is 39.5 Å². The lowest BCUT2D eigenvalue weighted by Gasteiger charge is -2.29. The standard InChI is InChI=1S/C20H25NO4/c1-3-14(12-21-7-5-4-6-8-21)19(22)16-10-15-11-18(20(23)24)25-17(15)9-13(16)2/h9-11,14H,3-8,12H2,1-2H3,(H,23,24). The zero-order chi connectivity index (χ0) is 18.0. The molecule has 1 aliphatic rings. The third kappa shape index (κ3) is 3.76. The van der Waals surface area contributed by atoms with Crippen molar-refractivity contribution >= 4 is 22.7 Å². The van der Waals surface area contributed by atoms with Crippen LogP contribution in [0.1, 0.15) is 59.1 Å². The first-order chi connectivity index (χ1) is 12.0. The normalized spacial score (nSPS) is 16.9. The minimum absolute atomic E-state index is 0.0277. The predicted molar refractivity (Wildman–Crippen MR) is 96.3 cm³/mol. The second kappa shape index (κ2) is 7.40. The number of furan rings is 1. The second-order valence-electron chi connectivity index (χ2n) is 6.95. The van der Waals surface area contributed by atoms with Crippen LogP contribution in [0.25, 0.3) is 11.0 Å². The topological polar surface area (TPSA) is 70.8 Å². The Hall–Kier alpha value is -2.14. The van der Waals surface area contributed by atoms with Crippen molar-refractivity contribution in [3.8, 4) is 0 Å². The number of aryl methyl sites for hydroxylation is 1. The first-order valence-electron chi connectivity index (χ1n) is 9.03. The SMILES string of the molecule is CCC(CN1CCCCC1)C(=O)c1cc2cc(C(=O)O)oc2cc1C. The predicted octanol–water partition coefficient (Wildman–Crippen LogP) is 4.13. The van der Waals surface area contributed by atoms with Crippen LogP contribution in [-0.4, -0.2) is 41.4 Å². The van der Waals surface area contributed by atoms with Gasteiger partial charge in [0.25, 0.3) is 0 Å². The van der Waals surface area contributed by atoms with E-state index in [1.54, 1.807) is 12.1 Å².